The van der Waals surface area contributed by atoms with Crippen molar-refractivity contribution < 1.29 is 9.90 Å². The average Bonchev–Trinajstić information content (AvgIpc) is 2.72. The van der Waals surface area contributed by atoms with E-state index in [1.807, 2.05) is 24.3 Å². The zero-order chi connectivity index (χ0) is 19.7. The maximum atomic E-state index is 12.2. The summed E-state index contributed by atoms with van der Waals surface area (Å²) in [4.78, 5) is 19.3. The lowest BCUT2D eigenvalue weighted by atomic mass is 9.92. The number of aromatic carboxylic acids is 1. The highest BCUT2D eigenvalue weighted by Gasteiger charge is 2.27. The van der Waals surface area contributed by atoms with Gasteiger partial charge in [0, 0.05) is 24.0 Å². The van der Waals surface area contributed by atoms with E-state index < -0.39 is 5.97 Å². The van der Waals surface area contributed by atoms with Gasteiger partial charge in [0.25, 0.3) is 0 Å². The number of carboxylic acid groups (broad SMARTS) is 1. The summed E-state index contributed by atoms with van der Waals surface area (Å²) >= 11 is 0. The van der Waals surface area contributed by atoms with Crippen LogP contribution in [-0.2, 0) is 13.0 Å². The number of carbonyl (C=O) groups is 1. The number of aryl methyl sites for hydroxylation is 1. The van der Waals surface area contributed by atoms with Crippen molar-refractivity contribution in [3.05, 3.63) is 76.5 Å². The van der Waals surface area contributed by atoms with Gasteiger partial charge in [-0.3, -0.25) is 4.90 Å². The van der Waals surface area contributed by atoms with E-state index in [2.05, 4.69) is 49.1 Å². The predicted molar refractivity (Wildman–Crippen MR) is 113 cm³/mol. The highest BCUT2D eigenvalue weighted by molar-refractivity contribution is 6.06. The highest BCUT2D eigenvalue weighted by atomic mass is 16.4. The van der Waals surface area contributed by atoms with Gasteiger partial charge in [0.1, 0.15) is 0 Å². The molecule has 1 N–H and O–H groups in total. The van der Waals surface area contributed by atoms with E-state index >= 15 is 0 Å². The first-order chi connectivity index (χ1) is 13.6. The van der Waals surface area contributed by atoms with Crippen molar-refractivity contribution in [2.75, 3.05) is 13.1 Å². The second kappa shape index (κ2) is 7.56. The van der Waals surface area contributed by atoms with Crippen LogP contribution in [0.2, 0.25) is 0 Å². The number of rotatable bonds is 4. The van der Waals surface area contributed by atoms with Gasteiger partial charge in [-0.25, -0.2) is 9.78 Å². The van der Waals surface area contributed by atoms with Crippen LogP contribution in [0.4, 0.5) is 0 Å². The Kier molecular flexibility index (Phi) is 4.97. The molecule has 0 atom stereocenters. The number of pyridine rings is 1. The van der Waals surface area contributed by atoms with Crippen molar-refractivity contribution in [2.45, 2.75) is 26.8 Å². The highest BCUT2D eigenvalue weighted by Crippen LogP contribution is 2.34. The third kappa shape index (κ3) is 3.32. The Hall–Kier alpha value is -2.98. The lowest BCUT2D eigenvalue weighted by Gasteiger charge is -2.30. The Labute approximate surface area is 165 Å². The topological polar surface area (TPSA) is 53.4 Å². The summed E-state index contributed by atoms with van der Waals surface area (Å²) in [6, 6.07) is 16.0. The largest absolute Gasteiger partial charge is 0.478 e. The Morgan fingerprint density at radius 2 is 1.86 bits per heavy atom. The van der Waals surface area contributed by atoms with Gasteiger partial charge >= 0.3 is 5.97 Å². The second-order valence-electron chi connectivity index (χ2n) is 7.20. The summed E-state index contributed by atoms with van der Waals surface area (Å²) in [5, 5.41) is 10.7. The maximum Gasteiger partial charge on any atom is 0.336 e. The number of fused-ring (bicyclic) bond motifs is 2. The molecule has 2 aromatic carbocycles. The molecule has 0 bridgehead atoms. The summed E-state index contributed by atoms with van der Waals surface area (Å²) in [7, 11) is 0. The zero-order valence-corrected chi connectivity index (χ0v) is 16.3. The molecule has 2 heterocycles. The van der Waals surface area contributed by atoms with Gasteiger partial charge in [-0.15, -0.1) is 0 Å². The van der Waals surface area contributed by atoms with Crippen molar-refractivity contribution in [3.63, 3.8) is 0 Å². The summed E-state index contributed by atoms with van der Waals surface area (Å²) in [6.45, 7) is 6.48. The molecule has 0 amide bonds. The third-order valence-corrected chi connectivity index (χ3v) is 5.46. The molecule has 4 nitrogen and oxygen atoms in total. The van der Waals surface area contributed by atoms with Crippen LogP contribution >= 0.6 is 0 Å². The number of benzene rings is 2. The van der Waals surface area contributed by atoms with Crippen LogP contribution in [0.3, 0.4) is 0 Å². The van der Waals surface area contributed by atoms with Gasteiger partial charge in [0.15, 0.2) is 0 Å². The molecule has 0 spiro atoms. The Bertz CT molecular complexity index is 1070. The molecule has 1 aliphatic heterocycles. The molecule has 4 rings (SSSR count). The Morgan fingerprint density at radius 1 is 1.11 bits per heavy atom. The molecule has 0 radical (unpaired) electrons. The van der Waals surface area contributed by atoms with E-state index in [4.69, 9.17) is 4.98 Å². The summed E-state index contributed by atoms with van der Waals surface area (Å²) in [5.41, 5.74) is 6.24. The molecule has 142 valence electrons. The van der Waals surface area contributed by atoms with Crippen LogP contribution in [0.15, 0.2) is 48.5 Å². The van der Waals surface area contributed by atoms with Gasteiger partial charge in [-0.1, -0.05) is 56.3 Å². The standard InChI is InChI=1S/C24H24N2O2/c1-3-16-9-11-17(12-10-16)13-18-14-26(4-2)15-20-22(24(27)28)19-7-5-6-8-21(19)25-23(18)20/h5-13H,3-4,14-15H2,1-2H3,(H,27,28). The molecular weight excluding hydrogens is 348 g/mol. The van der Waals surface area contributed by atoms with Crippen molar-refractivity contribution in [1.29, 1.82) is 0 Å². The maximum absolute atomic E-state index is 12.2. The number of para-hydroxylation sites is 1. The lowest BCUT2D eigenvalue weighted by molar-refractivity contribution is 0.0696. The first-order valence-corrected chi connectivity index (χ1v) is 9.77. The normalized spacial score (nSPS) is 15.7. The van der Waals surface area contributed by atoms with Crippen LogP contribution in [0.1, 0.15) is 46.6 Å². The Balaban J connectivity index is 1.93. The van der Waals surface area contributed by atoms with E-state index in [1.165, 1.54) is 5.56 Å². The first-order valence-electron chi connectivity index (χ1n) is 9.77. The van der Waals surface area contributed by atoms with Crippen molar-refractivity contribution >= 4 is 28.5 Å². The quantitative estimate of drug-likeness (QED) is 0.710. The molecule has 4 heteroatoms. The third-order valence-electron chi connectivity index (χ3n) is 5.46. The van der Waals surface area contributed by atoms with Crippen LogP contribution in [0.5, 0.6) is 0 Å². The number of aromatic nitrogens is 1. The van der Waals surface area contributed by atoms with E-state index in [1.54, 1.807) is 0 Å². The van der Waals surface area contributed by atoms with Crippen LogP contribution in [0.25, 0.3) is 22.6 Å². The minimum Gasteiger partial charge on any atom is -0.478 e. The number of carboxylic acids is 1. The minimum atomic E-state index is -0.889. The van der Waals surface area contributed by atoms with Gasteiger partial charge < -0.3 is 5.11 Å². The summed E-state index contributed by atoms with van der Waals surface area (Å²) in [5.74, 6) is -0.889. The first kappa shape index (κ1) is 18.4. The van der Waals surface area contributed by atoms with Crippen molar-refractivity contribution in [1.82, 2.24) is 9.88 Å². The fourth-order valence-corrected chi connectivity index (χ4v) is 3.90. The smallest absolute Gasteiger partial charge is 0.336 e. The molecule has 0 saturated carbocycles. The number of hydrogen-bond acceptors (Lipinski definition) is 3. The zero-order valence-electron chi connectivity index (χ0n) is 16.3. The Morgan fingerprint density at radius 3 is 2.54 bits per heavy atom. The number of hydrogen-bond donors (Lipinski definition) is 1. The van der Waals surface area contributed by atoms with E-state index in [-0.39, 0.29) is 0 Å². The predicted octanol–water partition coefficient (Wildman–Crippen LogP) is 4.87. The number of likely N-dealkylation sites (N-methyl/N-ethyl adjacent to an activating group) is 1. The van der Waals surface area contributed by atoms with Crippen molar-refractivity contribution in [2.24, 2.45) is 0 Å². The molecular formula is C24H24N2O2. The van der Waals surface area contributed by atoms with Gasteiger partial charge in [0.2, 0.25) is 0 Å². The van der Waals surface area contributed by atoms with Gasteiger partial charge in [-0.05, 0) is 41.8 Å². The van der Waals surface area contributed by atoms with E-state index in [0.29, 0.717) is 17.5 Å². The van der Waals surface area contributed by atoms with Gasteiger partial charge in [-0.2, -0.15) is 0 Å². The van der Waals surface area contributed by atoms with Crippen molar-refractivity contribution in [3.8, 4) is 0 Å². The molecule has 0 aliphatic carbocycles. The van der Waals surface area contributed by atoms with Gasteiger partial charge in [0.05, 0.1) is 16.8 Å². The molecule has 1 aliphatic rings. The fourth-order valence-electron chi connectivity index (χ4n) is 3.90. The molecule has 0 unspecified atom stereocenters. The number of nitrogens with zero attached hydrogens (tertiary/aromatic N) is 2. The lowest BCUT2D eigenvalue weighted by Crippen LogP contribution is -2.31. The summed E-state index contributed by atoms with van der Waals surface area (Å²) < 4.78 is 0. The monoisotopic (exact) mass is 372 g/mol. The molecule has 0 fully saturated rings. The minimum absolute atomic E-state index is 0.381. The van der Waals surface area contributed by atoms with Crippen LogP contribution in [0, 0.1) is 0 Å². The van der Waals surface area contributed by atoms with E-state index in [9.17, 15) is 9.90 Å². The van der Waals surface area contributed by atoms with E-state index in [0.717, 1.165) is 47.4 Å². The molecule has 0 saturated heterocycles. The average molecular weight is 372 g/mol. The molecule has 28 heavy (non-hydrogen) atoms. The van der Waals surface area contributed by atoms with Crippen LogP contribution in [-0.4, -0.2) is 34.0 Å². The molecule has 1 aromatic heterocycles. The fraction of sp³-hybridized carbons (Fsp3) is 0.250. The second-order valence-corrected chi connectivity index (χ2v) is 7.20. The summed E-state index contributed by atoms with van der Waals surface area (Å²) in [6.07, 6.45) is 3.16. The molecule has 3 aromatic rings. The van der Waals surface area contributed by atoms with Crippen LogP contribution < -0.4 is 0 Å². The SMILES string of the molecule is CCc1ccc(C=C2CN(CC)Cc3c2nc2ccccc2c3C(=O)O)cc1.